The lowest BCUT2D eigenvalue weighted by molar-refractivity contribution is 0.173. The minimum Gasteiger partial charge on any atom is -0.386 e. The van der Waals surface area contributed by atoms with E-state index in [1.807, 2.05) is 0 Å². The van der Waals surface area contributed by atoms with Crippen molar-refractivity contribution in [3.05, 3.63) is 58.3 Å². The van der Waals surface area contributed by atoms with Gasteiger partial charge >= 0.3 is 0 Å². The third-order valence-corrected chi connectivity index (χ3v) is 3.12. The van der Waals surface area contributed by atoms with Crippen LogP contribution in [-0.2, 0) is 6.42 Å². The Morgan fingerprint density at radius 2 is 2.18 bits per heavy atom. The minimum atomic E-state index is -0.790. The van der Waals surface area contributed by atoms with Crippen LogP contribution in [0.1, 0.15) is 17.4 Å². The van der Waals surface area contributed by atoms with Gasteiger partial charge in [-0.3, -0.25) is 9.97 Å². The van der Waals surface area contributed by atoms with E-state index in [1.54, 1.807) is 6.07 Å². The molecule has 0 saturated heterocycles. The number of aromatic nitrogens is 2. The smallest absolute Gasteiger partial charge is 0.123 e. The first-order chi connectivity index (χ1) is 8.16. The SMILES string of the molecule is OC(Cc1cc(F)ccc1Br)c1cnccn1. The molecule has 1 unspecified atom stereocenters. The number of benzene rings is 1. The van der Waals surface area contributed by atoms with Gasteiger partial charge in [0.15, 0.2) is 0 Å². The minimum absolute atomic E-state index is 0.289. The molecule has 0 bridgehead atoms. The molecule has 0 spiro atoms. The predicted octanol–water partition coefficient (Wildman–Crippen LogP) is 2.65. The largest absolute Gasteiger partial charge is 0.386 e. The summed E-state index contributed by atoms with van der Waals surface area (Å²) < 4.78 is 13.8. The molecule has 1 N–H and O–H groups in total. The van der Waals surface area contributed by atoms with Gasteiger partial charge in [0.1, 0.15) is 11.9 Å². The number of hydrogen-bond acceptors (Lipinski definition) is 3. The van der Waals surface area contributed by atoms with Crippen LogP contribution in [0.5, 0.6) is 0 Å². The molecule has 0 aliphatic heterocycles. The topological polar surface area (TPSA) is 46.0 Å². The van der Waals surface area contributed by atoms with Crippen LogP contribution in [0.4, 0.5) is 4.39 Å². The molecule has 0 amide bonds. The maximum Gasteiger partial charge on any atom is 0.123 e. The van der Waals surface area contributed by atoms with Gasteiger partial charge in [0.05, 0.1) is 11.9 Å². The van der Waals surface area contributed by atoms with Crippen LogP contribution in [0.3, 0.4) is 0 Å². The Bertz CT molecular complexity index is 507. The first-order valence-corrected chi connectivity index (χ1v) is 5.84. The van der Waals surface area contributed by atoms with Crippen LogP contribution >= 0.6 is 15.9 Å². The lowest BCUT2D eigenvalue weighted by atomic mass is 10.1. The van der Waals surface area contributed by atoms with Crippen LogP contribution < -0.4 is 0 Å². The fourth-order valence-electron chi connectivity index (χ4n) is 1.50. The maximum atomic E-state index is 13.1. The van der Waals surface area contributed by atoms with Gasteiger partial charge in [-0.25, -0.2) is 4.39 Å². The molecule has 0 radical (unpaired) electrons. The summed E-state index contributed by atoms with van der Waals surface area (Å²) in [4.78, 5) is 7.88. The number of nitrogens with zero attached hydrogens (tertiary/aromatic N) is 2. The van der Waals surface area contributed by atoms with Crippen molar-refractivity contribution in [2.45, 2.75) is 12.5 Å². The molecule has 1 atom stereocenters. The first-order valence-electron chi connectivity index (χ1n) is 5.04. The van der Waals surface area contributed by atoms with E-state index in [4.69, 9.17) is 0 Å². The molecule has 17 heavy (non-hydrogen) atoms. The van der Waals surface area contributed by atoms with Gasteiger partial charge in [0.2, 0.25) is 0 Å². The van der Waals surface area contributed by atoms with Crippen molar-refractivity contribution in [2.24, 2.45) is 0 Å². The van der Waals surface area contributed by atoms with Crippen molar-refractivity contribution in [3.8, 4) is 0 Å². The van der Waals surface area contributed by atoms with Crippen molar-refractivity contribution in [1.29, 1.82) is 0 Å². The summed E-state index contributed by atoms with van der Waals surface area (Å²) in [6.07, 6.45) is 4.05. The summed E-state index contributed by atoms with van der Waals surface area (Å²) in [6, 6.07) is 4.38. The molecular formula is C12H10BrFN2O. The lowest BCUT2D eigenvalue weighted by Crippen LogP contribution is -2.05. The third kappa shape index (κ3) is 3.08. The van der Waals surface area contributed by atoms with Crippen molar-refractivity contribution in [3.63, 3.8) is 0 Å². The van der Waals surface area contributed by atoms with Gasteiger partial charge in [-0.1, -0.05) is 15.9 Å². The highest BCUT2D eigenvalue weighted by Crippen LogP contribution is 2.23. The normalized spacial score (nSPS) is 12.4. The number of hydrogen-bond donors (Lipinski definition) is 1. The van der Waals surface area contributed by atoms with Gasteiger partial charge in [-0.2, -0.15) is 0 Å². The Morgan fingerprint density at radius 3 is 2.88 bits per heavy atom. The number of halogens is 2. The zero-order valence-corrected chi connectivity index (χ0v) is 10.4. The average Bonchev–Trinajstić information content (AvgIpc) is 2.35. The first kappa shape index (κ1) is 12.1. The summed E-state index contributed by atoms with van der Waals surface area (Å²) >= 11 is 3.32. The Kier molecular flexibility index (Phi) is 3.81. The fourth-order valence-corrected chi connectivity index (χ4v) is 1.90. The molecule has 1 aromatic heterocycles. The summed E-state index contributed by atoms with van der Waals surface area (Å²) in [5.41, 5.74) is 1.17. The molecule has 2 rings (SSSR count). The summed E-state index contributed by atoms with van der Waals surface area (Å²) in [7, 11) is 0. The van der Waals surface area contributed by atoms with E-state index in [2.05, 4.69) is 25.9 Å². The monoisotopic (exact) mass is 296 g/mol. The molecule has 1 aromatic carbocycles. The van der Waals surface area contributed by atoms with E-state index in [0.29, 0.717) is 11.3 Å². The van der Waals surface area contributed by atoms with E-state index >= 15 is 0 Å². The molecule has 2 aromatic rings. The van der Waals surface area contributed by atoms with Crippen molar-refractivity contribution < 1.29 is 9.50 Å². The Morgan fingerprint density at radius 1 is 1.35 bits per heavy atom. The quantitative estimate of drug-likeness (QED) is 0.947. The zero-order valence-electron chi connectivity index (χ0n) is 8.85. The number of aliphatic hydroxyl groups excluding tert-OH is 1. The van der Waals surface area contributed by atoms with Crippen LogP contribution in [-0.4, -0.2) is 15.1 Å². The van der Waals surface area contributed by atoms with Gasteiger partial charge in [-0.05, 0) is 23.8 Å². The molecule has 1 heterocycles. The standard InChI is InChI=1S/C12H10BrFN2O/c13-10-2-1-9(14)5-8(10)6-12(17)11-7-15-3-4-16-11/h1-5,7,12,17H,6H2. The van der Waals surface area contributed by atoms with Crippen molar-refractivity contribution in [2.75, 3.05) is 0 Å². The van der Waals surface area contributed by atoms with Crippen LogP contribution in [0.25, 0.3) is 0 Å². The highest BCUT2D eigenvalue weighted by atomic mass is 79.9. The van der Waals surface area contributed by atoms with Crippen LogP contribution in [0, 0.1) is 5.82 Å². The predicted molar refractivity (Wildman–Crippen MR) is 64.8 cm³/mol. The number of rotatable bonds is 3. The van der Waals surface area contributed by atoms with Crippen molar-refractivity contribution in [1.82, 2.24) is 9.97 Å². The molecule has 0 aliphatic rings. The molecule has 3 nitrogen and oxygen atoms in total. The van der Waals surface area contributed by atoms with Gasteiger partial charge in [-0.15, -0.1) is 0 Å². The maximum absolute atomic E-state index is 13.1. The third-order valence-electron chi connectivity index (χ3n) is 2.35. The van der Waals surface area contributed by atoms with E-state index in [1.165, 1.54) is 30.7 Å². The van der Waals surface area contributed by atoms with E-state index < -0.39 is 6.10 Å². The Labute approximate surface area is 106 Å². The molecule has 0 fully saturated rings. The fraction of sp³-hybridized carbons (Fsp3) is 0.167. The molecule has 0 aliphatic carbocycles. The van der Waals surface area contributed by atoms with Gasteiger partial charge in [0.25, 0.3) is 0 Å². The van der Waals surface area contributed by atoms with E-state index in [9.17, 15) is 9.50 Å². The highest BCUT2D eigenvalue weighted by Gasteiger charge is 2.12. The summed E-state index contributed by atoms with van der Waals surface area (Å²) in [6.45, 7) is 0. The van der Waals surface area contributed by atoms with Gasteiger partial charge < -0.3 is 5.11 Å². The lowest BCUT2D eigenvalue weighted by Gasteiger charge is -2.10. The van der Waals surface area contributed by atoms with Crippen LogP contribution in [0.2, 0.25) is 0 Å². The van der Waals surface area contributed by atoms with E-state index in [0.717, 1.165) is 4.47 Å². The van der Waals surface area contributed by atoms with Crippen molar-refractivity contribution >= 4 is 15.9 Å². The second-order valence-corrected chi connectivity index (χ2v) is 4.44. The Balaban J connectivity index is 2.18. The second kappa shape index (κ2) is 5.33. The zero-order chi connectivity index (χ0) is 12.3. The van der Waals surface area contributed by atoms with Gasteiger partial charge in [0, 0.05) is 23.3 Å². The molecule has 5 heteroatoms. The van der Waals surface area contributed by atoms with E-state index in [-0.39, 0.29) is 12.2 Å². The number of aliphatic hydroxyl groups is 1. The summed E-state index contributed by atoms with van der Waals surface area (Å²) in [5, 5.41) is 9.94. The molecule has 88 valence electrons. The Hall–Kier alpha value is -1.33. The van der Waals surface area contributed by atoms with Crippen LogP contribution in [0.15, 0.2) is 41.3 Å². The second-order valence-electron chi connectivity index (χ2n) is 3.59. The molecule has 0 saturated carbocycles. The summed E-state index contributed by atoms with van der Waals surface area (Å²) in [5.74, 6) is -0.324. The molecular weight excluding hydrogens is 287 g/mol. The average molecular weight is 297 g/mol. The highest BCUT2D eigenvalue weighted by molar-refractivity contribution is 9.10.